The van der Waals surface area contributed by atoms with Crippen LogP contribution in [0.4, 0.5) is 11.4 Å². The minimum atomic E-state index is -0.736. The minimum absolute atomic E-state index is 0.0472. The number of carbonyl (C=O) groups is 2. The largest absolute Gasteiger partial charge is 0.493 e. The molecule has 8 nitrogen and oxygen atoms in total. The Balaban J connectivity index is 1.63. The second-order valence-corrected chi connectivity index (χ2v) is 7.77. The molecule has 166 valence electrons. The van der Waals surface area contributed by atoms with Crippen LogP contribution in [-0.2, 0) is 16.0 Å². The van der Waals surface area contributed by atoms with Gasteiger partial charge in [0.1, 0.15) is 0 Å². The number of amides is 2. The van der Waals surface area contributed by atoms with Crippen LogP contribution in [0.25, 0.3) is 0 Å². The van der Waals surface area contributed by atoms with E-state index in [0.29, 0.717) is 23.7 Å². The highest BCUT2D eigenvalue weighted by molar-refractivity contribution is 6.39. The SMILES string of the molecule is COc1ccc(NC(=O)C(=O)NC[C@H](c2ccc3c(c2)CCN3C)N(C)C)cc1OC. The lowest BCUT2D eigenvalue weighted by molar-refractivity contribution is -0.136. The van der Waals surface area contributed by atoms with Crippen molar-refractivity contribution in [2.45, 2.75) is 12.5 Å². The molecule has 0 spiro atoms. The minimum Gasteiger partial charge on any atom is -0.493 e. The first-order valence-electron chi connectivity index (χ1n) is 10.2. The van der Waals surface area contributed by atoms with Gasteiger partial charge in [0.05, 0.1) is 20.3 Å². The van der Waals surface area contributed by atoms with Crippen LogP contribution in [0.5, 0.6) is 11.5 Å². The molecule has 1 atom stereocenters. The van der Waals surface area contributed by atoms with Gasteiger partial charge in [-0.3, -0.25) is 9.59 Å². The Morgan fingerprint density at radius 1 is 1.06 bits per heavy atom. The summed E-state index contributed by atoms with van der Waals surface area (Å²) in [5.74, 6) is -0.419. The van der Waals surface area contributed by atoms with Gasteiger partial charge in [-0.2, -0.15) is 0 Å². The van der Waals surface area contributed by atoms with E-state index in [9.17, 15) is 9.59 Å². The molecule has 0 unspecified atom stereocenters. The second-order valence-electron chi connectivity index (χ2n) is 7.77. The summed E-state index contributed by atoms with van der Waals surface area (Å²) in [4.78, 5) is 29.0. The van der Waals surface area contributed by atoms with E-state index in [1.165, 1.54) is 25.5 Å². The van der Waals surface area contributed by atoms with Crippen LogP contribution in [0, 0.1) is 0 Å². The molecule has 2 amide bonds. The maximum atomic E-state index is 12.4. The van der Waals surface area contributed by atoms with Crippen LogP contribution in [0.2, 0.25) is 0 Å². The molecule has 1 heterocycles. The van der Waals surface area contributed by atoms with E-state index in [1.54, 1.807) is 18.2 Å². The predicted molar refractivity (Wildman–Crippen MR) is 121 cm³/mol. The van der Waals surface area contributed by atoms with Crippen molar-refractivity contribution in [3.05, 3.63) is 47.5 Å². The Morgan fingerprint density at radius 3 is 2.48 bits per heavy atom. The van der Waals surface area contributed by atoms with Crippen LogP contribution >= 0.6 is 0 Å². The first-order valence-corrected chi connectivity index (χ1v) is 10.2. The molecule has 1 aliphatic heterocycles. The van der Waals surface area contributed by atoms with Crippen molar-refractivity contribution in [3.63, 3.8) is 0 Å². The van der Waals surface area contributed by atoms with Crippen LogP contribution in [0.1, 0.15) is 17.2 Å². The van der Waals surface area contributed by atoms with Crippen LogP contribution in [0.15, 0.2) is 36.4 Å². The number of nitrogens with one attached hydrogen (secondary N) is 2. The zero-order chi connectivity index (χ0) is 22.5. The van der Waals surface area contributed by atoms with Crippen molar-refractivity contribution in [3.8, 4) is 11.5 Å². The first kappa shape index (κ1) is 22.4. The van der Waals surface area contributed by atoms with Gasteiger partial charge in [-0.15, -0.1) is 0 Å². The normalized spacial score (nSPS) is 13.5. The predicted octanol–water partition coefficient (Wildman–Crippen LogP) is 2.05. The van der Waals surface area contributed by atoms with Gasteiger partial charge in [0.2, 0.25) is 0 Å². The lowest BCUT2D eigenvalue weighted by atomic mass is 10.0. The summed E-state index contributed by atoms with van der Waals surface area (Å²) >= 11 is 0. The summed E-state index contributed by atoms with van der Waals surface area (Å²) in [6, 6.07) is 11.3. The van der Waals surface area contributed by atoms with E-state index >= 15 is 0 Å². The van der Waals surface area contributed by atoms with E-state index in [0.717, 1.165) is 18.5 Å². The fraction of sp³-hybridized carbons (Fsp3) is 0.391. The van der Waals surface area contributed by atoms with Crippen LogP contribution < -0.4 is 25.0 Å². The fourth-order valence-corrected chi connectivity index (χ4v) is 3.76. The summed E-state index contributed by atoms with van der Waals surface area (Å²) in [5.41, 5.74) is 4.12. The van der Waals surface area contributed by atoms with E-state index in [2.05, 4.69) is 40.8 Å². The molecule has 8 heteroatoms. The molecule has 0 bridgehead atoms. The van der Waals surface area contributed by atoms with Gasteiger partial charge in [-0.1, -0.05) is 12.1 Å². The highest BCUT2D eigenvalue weighted by Crippen LogP contribution is 2.31. The van der Waals surface area contributed by atoms with Gasteiger partial charge in [0.15, 0.2) is 11.5 Å². The van der Waals surface area contributed by atoms with Crippen LogP contribution in [-0.4, -0.2) is 65.2 Å². The molecular formula is C23H30N4O4. The van der Waals surface area contributed by atoms with Gasteiger partial charge >= 0.3 is 11.8 Å². The maximum Gasteiger partial charge on any atom is 0.313 e. The van der Waals surface area contributed by atoms with Crippen molar-refractivity contribution in [1.82, 2.24) is 10.2 Å². The Hall–Kier alpha value is -3.26. The lowest BCUT2D eigenvalue weighted by Crippen LogP contribution is -2.40. The molecule has 0 radical (unpaired) electrons. The number of likely N-dealkylation sites (N-methyl/N-ethyl adjacent to an activating group) is 2. The first-order chi connectivity index (χ1) is 14.8. The topological polar surface area (TPSA) is 83.1 Å². The summed E-state index contributed by atoms with van der Waals surface area (Å²) in [6.45, 7) is 1.33. The zero-order valence-electron chi connectivity index (χ0n) is 18.7. The number of methoxy groups -OCH3 is 2. The summed E-state index contributed by atoms with van der Waals surface area (Å²) in [5, 5.41) is 5.34. The number of ether oxygens (including phenoxy) is 2. The molecule has 0 aliphatic carbocycles. The molecule has 0 aromatic heterocycles. The number of benzene rings is 2. The molecule has 31 heavy (non-hydrogen) atoms. The van der Waals surface area contributed by atoms with Crippen molar-refractivity contribution in [2.24, 2.45) is 0 Å². The number of nitrogens with zero attached hydrogens (tertiary/aromatic N) is 2. The van der Waals surface area contributed by atoms with Crippen molar-refractivity contribution in [2.75, 3.05) is 58.7 Å². The Bertz CT molecular complexity index is 961. The maximum absolute atomic E-state index is 12.4. The van der Waals surface area contributed by atoms with E-state index in [4.69, 9.17) is 9.47 Å². The second kappa shape index (κ2) is 9.70. The smallest absolute Gasteiger partial charge is 0.313 e. The molecule has 0 fully saturated rings. The quantitative estimate of drug-likeness (QED) is 0.660. The average Bonchev–Trinajstić information content (AvgIpc) is 3.13. The third kappa shape index (κ3) is 5.08. The Kier molecular flexibility index (Phi) is 7.02. The molecule has 0 saturated carbocycles. The van der Waals surface area contributed by atoms with Gasteiger partial charge in [0, 0.05) is 37.6 Å². The molecule has 1 aliphatic rings. The van der Waals surface area contributed by atoms with Gasteiger partial charge in [0.25, 0.3) is 0 Å². The Morgan fingerprint density at radius 2 is 1.81 bits per heavy atom. The number of anilines is 2. The molecule has 2 N–H and O–H groups in total. The van der Waals surface area contributed by atoms with E-state index in [-0.39, 0.29) is 6.04 Å². The number of fused-ring (bicyclic) bond motifs is 1. The highest BCUT2D eigenvalue weighted by atomic mass is 16.5. The zero-order valence-corrected chi connectivity index (χ0v) is 18.7. The van der Waals surface area contributed by atoms with Gasteiger partial charge < -0.3 is 29.9 Å². The lowest BCUT2D eigenvalue weighted by Gasteiger charge is -2.26. The summed E-state index contributed by atoms with van der Waals surface area (Å²) < 4.78 is 10.4. The van der Waals surface area contributed by atoms with E-state index in [1.807, 2.05) is 19.0 Å². The van der Waals surface area contributed by atoms with Gasteiger partial charge in [-0.05, 0) is 49.8 Å². The Labute approximate surface area is 183 Å². The van der Waals surface area contributed by atoms with Crippen molar-refractivity contribution in [1.29, 1.82) is 0 Å². The standard InChI is InChI=1S/C23H30N4O4/c1-26(2)19(15-6-8-18-16(12-15)10-11-27(18)3)14-24-22(28)23(29)25-17-7-9-20(30-4)21(13-17)31-5/h6-9,12-13,19H,10-11,14H2,1-5H3,(H,24,28)(H,25,29)/t19-/m1/s1. The molecular weight excluding hydrogens is 396 g/mol. The van der Waals surface area contributed by atoms with Crippen molar-refractivity contribution < 1.29 is 19.1 Å². The molecule has 2 aromatic carbocycles. The van der Waals surface area contributed by atoms with Crippen molar-refractivity contribution >= 4 is 23.2 Å². The summed E-state index contributed by atoms with van der Waals surface area (Å²) in [7, 11) is 9.05. The molecule has 3 rings (SSSR count). The number of hydrogen-bond acceptors (Lipinski definition) is 6. The van der Waals surface area contributed by atoms with Gasteiger partial charge in [-0.25, -0.2) is 0 Å². The molecule has 2 aromatic rings. The monoisotopic (exact) mass is 426 g/mol. The third-order valence-corrected chi connectivity index (χ3v) is 5.54. The number of rotatable bonds is 7. The van der Waals surface area contributed by atoms with E-state index < -0.39 is 11.8 Å². The fourth-order valence-electron chi connectivity index (χ4n) is 3.76. The summed E-state index contributed by atoms with van der Waals surface area (Å²) in [6.07, 6.45) is 1.01. The molecule has 0 saturated heterocycles. The van der Waals surface area contributed by atoms with Crippen LogP contribution in [0.3, 0.4) is 0 Å². The highest BCUT2D eigenvalue weighted by Gasteiger charge is 2.22. The number of hydrogen-bond donors (Lipinski definition) is 2. The third-order valence-electron chi connectivity index (χ3n) is 5.54. The average molecular weight is 427 g/mol. The number of carbonyl (C=O) groups excluding carboxylic acids is 2.